The molecule has 0 spiro atoms. The van der Waals surface area contributed by atoms with Gasteiger partial charge in [-0.05, 0) is 37.2 Å². The first kappa shape index (κ1) is 20.1. The maximum absolute atomic E-state index is 12.2. The van der Waals surface area contributed by atoms with Crippen molar-refractivity contribution in [2.24, 2.45) is 5.41 Å². The van der Waals surface area contributed by atoms with E-state index in [4.69, 9.17) is 5.11 Å². The summed E-state index contributed by atoms with van der Waals surface area (Å²) in [5.74, 6) is 0.113. The Kier molecular flexibility index (Phi) is 8.78. The van der Waals surface area contributed by atoms with Crippen LogP contribution in [-0.2, 0) is 4.79 Å². The lowest BCUT2D eigenvalue weighted by atomic mass is 9.87. The first-order chi connectivity index (χ1) is 9.56. The number of carbonyl (C=O) groups is 2. The van der Waals surface area contributed by atoms with E-state index < -0.39 is 5.97 Å². The topological polar surface area (TPSA) is 69.6 Å². The molecule has 0 aliphatic heterocycles. The third-order valence-electron chi connectivity index (χ3n) is 3.33. The molecule has 21 heavy (non-hydrogen) atoms. The molecule has 0 aromatic rings. The van der Waals surface area contributed by atoms with E-state index in [1.807, 2.05) is 34.0 Å². The monoisotopic (exact) mass is 318 g/mol. The van der Waals surface area contributed by atoms with Gasteiger partial charge >= 0.3 is 12.0 Å². The fraction of sp³-hybridized carbons (Fsp3) is 0.867. The smallest absolute Gasteiger partial charge is 0.317 e. The Bertz CT molecular complexity index is 342. The average Bonchev–Trinajstić information content (AvgIpc) is 2.31. The van der Waals surface area contributed by atoms with Crippen molar-refractivity contribution in [2.45, 2.75) is 59.0 Å². The summed E-state index contributed by atoms with van der Waals surface area (Å²) in [6.45, 7) is 8.13. The lowest BCUT2D eigenvalue weighted by Crippen LogP contribution is -2.48. The molecule has 0 rings (SSSR count). The van der Waals surface area contributed by atoms with Crippen LogP contribution in [0.2, 0.25) is 0 Å². The van der Waals surface area contributed by atoms with Gasteiger partial charge in [0.1, 0.15) is 0 Å². The average molecular weight is 318 g/mol. The molecule has 0 saturated carbocycles. The summed E-state index contributed by atoms with van der Waals surface area (Å²) in [5, 5.41) is 11.9. The van der Waals surface area contributed by atoms with Crippen LogP contribution in [0, 0.1) is 5.41 Å². The summed E-state index contributed by atoms with van der Waals surface area (Å²) in [4.78, 5) is 24.9. The molecule has 2 atom stereocenters. The van der Waals surface area contributed by atoms with Crippen molar-refractivity contribution in [3.8, 4) is 0 Å². The van der Waals surface area contributed by atoms with Crippen molar-refractivity contribution < 1.29 is 14.7 Å². The molecule has 124 valence electrons. The number of hydrogen-bond donors (Lipinski definition) is 2. The molecule has 0 aliphatic carbocycles. The van der Waals surface area contributed by atoms with Crippen LogP contribution in [0.25, 0.3) is 0 Å². The summed E-state index contributed by atoms with van der Waals surface area (Å²) in [5.41, 5.74) is -0.0313. The molecule has 0 heterocycles. The Morgan fingerprint density at radius 2 is 1.90 bits per heavy atom. The molecule has 0 aromatic heterocycles. The molecule has 5 nitrogen and oxygen atoms in total. The second-order valence-electron chi connectivity index (χ2n) is 6.75. The molecular weight excluding hydrogens is 288 g/mol. The van der Waals surface area contributed by atoms with Crippen LogP contribution in [0.3, 0.4) is 0 Å². The van der Waals surface area contributed by atoms with Crippen LogP contribution < -0.4 is 5.32 Å². The van der Waals surface area contributed by atoms with Crippen LogP contribution in [0.5, 0.6) is 0 Å². The lowest BCUT2D eigenvalue weighted by molar-refractivity contribution is -0.137. The minimum atomic E-state index is -0.886. The van der Waals surface area contributed by atoms with Gasteiger partial charge in [0.15, 0.2) is 0 Å². The van der Waals surface area contributed by atoms with Gasteiger partial charge < -0.3 is 15.3 Å². The molecule has 0 bridgehead atoms. The van der Waals surface area contributed by atoms with Crippen LogP contribution in [0.4, 0.5) is 4.79 Å². The molecule has 2 N–H and O–H groups in total. The molecule has 0 radical (unpaired) electrons. The van der Waals surface area contributed by atoms with Crippen molar-refractivity contribution in [1.29, 1.82) is 0 Å². The minimum absolute atomic E-state index is 0.0313. The zero-order valence-corrected chi connectivity index (χ0v) is 14.9. The fourth-order valence-corrected chi connectivity index (χ4v) is 2.66. The van der Waals surface area contributed by atoms with Crippen molar-refractivity contribution in [3.05, 3.63) is 0 Å². The van der Waals surface area contributed by atoms with E-state index in [1.54, 1.807) is 23.7 Å². The molecule has 2 unspecified atom stereocenters. The highest BCUT2D eigenvalue weighted by Crippen LogP contribution is 2.22. The molecule has 0 fully saturated rings. The first-order valence-electron chi connectivity index (χ1n) is 7.31. The maximum atomic E-state index is 12.2. The quantitative estimate of drug-likeness (QED) is 0.721. The van der Waals surface area contributed by atoms with Crippen LogP contribution >= 0.6 is 11.8 Å². The van der Waals surface area contributed by atoms with E-state index in [0.717, 1.165) is 12.2 Å². The van der Waals surface area contributed by atoms with Gasteiger partial charge in [0.05, 0.1) is 6.42 Å². The summed E-state index contributed by atoms with van der Waals surface area (Å²) < 4.78 is 0. The predicted molar refractivity (Wildman–Crippen MR) is 88.9 cm³/mol. The number of amides is 2. The second-order valence-corrected chi connectivity index (χ2v) is 7.74. The Hall–Kier alpha value is -0.910. The largest absolute Gasteiger partial charge is 0.481 e. The number of nitrogens with zero attached hydrogens (tertiary/aromatic N) is 1. The van der Waals surface area contributed by atoms with E-state index in [-0.39, 0.29) is 30.0 Å². The summed E-state index contributed by atoms with van der Waals surface area (Å²) in [6.07, 6.45) is 3.56. The SMILES string of the molecule is CSCCC(C)N(C)C(=O)NC(CC(=O)O)CC(C)(C)C. The van der Waals surface area contributed by atoms with Gasteiger partial charge in [0.25, 0.3) is 0 Å². The molecule has 0 aromatic carbocycles. The number of thioether (sulfide) groups is 1. The van der Waals surface area contributed by atoms with Gasteiger partial charge in [-0.3, -0.25) is 4.79 Å². The highest BCUT2D eigenvalue weighted by Gasteiger charge is 2.25. The van der Waals surface area contributed by atoms with E-state index in [9.17, 15) is 9.59 Å². The summed E-state index contributed by atoms with van der Waals surface area (Å²) in [7, 11) is 1.76. The number of carbonyl (C=O) groups excluding carboxylic acids is 1. The van der Waals surface area contributed by atoms with Gasteiger partial charge in [-0.2, -0.15) is 11.8 Å². The first-order valence-corrected chi connectivity index (χ1v) is 8.70. The Morgan fingerprint density at radius 3 is 2.33 bits per heavy atom. The number of carboxylic acids is 1. The number of rotatable bonds is 8. The van der Waals surface area contributed by atoms with Crippen molar-refractivity contribution >= 4 is 23.8 Å². The van der Waals surface area contributed by atoms with Crippen molar-refractivity contribution in [1.82, 2.24) is 10.2 Å². The van der Waals surface area contributed by atoms with Crippen LogP contribution in [-0.4, -0.2) is 53.1 Å². The van der Waals surface area contributed by atoms with E-state index in [0.29, 0.717) is 6.42 Å². The zero-order valence-electron chi connectivity index (χ0n) is 14.1. The molecule has 6 heteroatoms. The molecule has 0 saturated heterocycles. The highest BCUT2D eigenvalue weighted by atomic mass is 32.2. The Balaban J connectivity index is 4.60. The third-order valence-corrected chi connectivity index (χ3v) is 3.97. The van der Waals surface area contributed by atoms with Gasteiger partial charge in [-0.25, -0.2) is 4.79 Å². The van der Waals surface area contributed by atoms with E-state index in [2.05, 4.69) is 5.32 Å². The van der Waals surface area contributed by atoms with Crippen molar-refractivity contribution in [2.75, 3.05) is 19.1 Å². The van der Waals surface area contributed by atoms with Crippen LogP contribution in [0.1, 0.15) is 47.0 Å². The van der Waals surface area contributed by atoms with Crippen molar-refractivity contribution in [3.63, 3.8) is 0 Å². The number of carboxylic acid groups (broad SMARTS) is 1. The summed E-state index contributed by atoms with van der Waals surface area (Å²) in [6, 6.07) is -0.401. The van der Waals surface area contributed by atoms with E-state index in [1.165, 1.54) is 0 Å². The van der Waals surface area contributed by atoms with Crippen LogP contribution in [0.15, 0.2) is 0 Å². The lowest BCUT2D eigenvalue weighted by Gasteiger charge is -2.30. The molecule has 2 amide bonds. The second kappa shape index (κ2) is 9.18. The Morgan fingerprint density at radius 1 is 1.33 bits per heavy atom. The molecular formula is C15H30N2O3S. The number of urea groups is 1. The normalized spacial score (nSPS) is 14.4. The number of aliphatic carboxylic acids is 1. The Labute approximate surface area is 132 Å². The standard InChI is InChI=1S/C15H30N2O3S/c1-11(7-8-21-6)17(5)14(20)16-12(9-13(18)19)10-15(2,3)4/h11-12H,7-10H2,1-6H3,(H,16,20)(H,18,19). The van der Waals surface area contributed by atoms with Gasteiger partial charge in [0.2, 0.25) is 0 Å². The van der Waals surface area contributed by atoms with Gasteiger partial charge in [-0.15, -0.1) is 0 Å². The highest BCUT2D eigenvalue weighted by molar-refractivity contribution is 7.98. The number of nitrogens with one attached hydrogen (secondary N) is 1. The van der Waals surface area contributed by atoms with E-state index >= 15 is 0 Å². The molecule has 0 aliphatic rings. The zero-order chi connectivity index (χ0) is 16.6. The fourth-order valence-electron chi connectivity index (χ4n) is 2.08. The maximum Gasteiger partial charge on any atom is 0.317 e. The summed E-state index contributed by atoms with van der Waals surface area (Å²) >= 11 is 1.75. The predicted octanol–water partition coefficient (Wildman–Crippen LogP) is 3.05. The van der Waals surface area contributed by atoms with Gasteiger partial charge in [-0.1, -0.05) is 20.8 Å². The minimum Gasteiger partial charge on any atom is -0.481 e. The number of hydrogen-bond acceptors (Lipinski definition) is 3. The third kappa shape index (κ3) is 9.61. The van der Waals surface area contributed by atoms with Gasteiger partial charge in [0, 0.05) is 19.1 Å².